The number of aliphatic hydroxyl groups is 2. The molecule has 37 heavy (non-hydrogen) atoms. The molecule has 206 valence electrons. The Labute approximate surface area is 213 Å². The maximum Gasteiger partial charge on any atom is 0.326 e. The maximum atomic E-state index is 13.0. The molecule has 0 spiro atoms. The zero-order chi connectivity index (χ0) is 28.1. The summed E-state index contributed by atoms with van der Waals surface area (Å²) in [6.07, 6.45) is -1.08. The van der Waals surface area contributed by atoms with Crippen LogP contribution in [0.15, 0.2) is 24.3 Å². The lowest BCUT2D eigenvalue weighted by Gasteiger charge is -2.25. The topological polar surface area (TPSA) is 273 Å². The monoisotopic (exact) mass is 525 g/mol. The van der Waals surface area contributed by atoms with Gasteiger partial charge in [-0.1, -0.05) is 12.1 Å². The van der Waals surface area contributed by atoms with Crippen LogP contribution in [0, 0.1) is 5.41 Å². The highest BCUT2D eigenvalue weighted by molar-refractivity contribution is 5.94. The molecule has 0 saturated heterocycles. The van der Waals surface area contributed by atoms with E-state index in [1.807, 2.05) is 0 Å². The van der Waals surface area contributed by atoms with E-state index in [0.29, 0.717) is 5.56 Å². The minimum Gasteiger partial charge on any atom is -0.508 e. The quantitative estimate of drug-likeness (QED) is 0.0605. The third-order valence-corrected chi connectivity index (χ3v) is 5.25. The molecular formula is C22H35N7O8. The van der Waals surface area contributed by atoms with Crippen LogP contribution in [0.1, 0.15) is 25.3 Å². The molecule has 0 unspecified atom stereocenters. The van der Waals surface area contributed by atoms with E-state index < -0.39 is 60.6 Å². The van der Waals surface area contributed by atoms with E-state index in [9.17, 15) is 39.6 Å². The van der Waals surface area contributed by atoms with Crippen LogP contribution in [-0.4, -0.2) is 93.5 Å². The number of aromatic hydroxyl groups is 1. The van der Waals surface area contributed by atoms with Crippen LogP contribution >= 0.6 is 0 Å². The Morgan fingerprint density at radius 1 is 0.973 bits per heavy atom. The number of aliphatic hydroxyl groups excluding tert-OH is 2. The van der Waals surface area contributed by atoms with E-state index in [2.05, 4.69) is 21.3 Å². The number of hydrogen-bond acceptors (Lipinski definition) is 9. The van der Waals surface area contributed by atoms with Crippen molar-refractivity contribution in [2.45, 2.75) is 56.5 Å². The number of carbonyl (C=O) groups excluding carboxylic acids is 3. The number of benzene rings is 1. The van der Waals surface area contributed by atoms with Gasteiger partial charge in [-0.05, 0) is 37.5 Å². The summed E-state index contributed by atoms with van der Waals surface area (Å²) in [7, 11) is 0. The van der Waals surface area contributed by atoms with Crippen molar-refractivity contribution in [1.29, 1.82) is 5.41 Å². The molecule has 0 aliphatic carbocycles. The molecule has 13 N–H and O–H groups in total. The van der Waals surface area contributed by atoms with Crippen LogP contribution in [0.5, 0.6) is 5.75 Å². The van der Waals surface area contributed by atoms with Crippen molar-refractivity contribution >= 4 is 29.7 Å². The summed E-state index contributed by atoms with van der Waals surface area (Å²) < 4.78 is 0. The number of nitrogens with two attached hydrogens (primary N) is 2. The lowest BCUT2D eigenvalue weighted by atomic mass is 10.0. The average molecular weight is 526 g/mol. The molecule has 15 nitrogen and oxygen atoms in total. The summed E-state index contributed by atoms with van der Waals surface area (Å²) in [6, 6.07) is 0.219. The molecule has 3 amide bonds. The number of phenolic OH excluding ortho intramolecular Hbond substituents is 1. The van der Waals surface area contributed by atoms with Crippen molar-refractivity contribution in [2.75, 3.05) is 13.2 Å². The number of carbonyl (C=O) groups is 4. The third kappa shape index (κ3) is 11.1. The predicted molar refractivity (Wildman–Crippen MR) is 131 cm³/mol. The molecule has 1 aromatic carbocycles. The number of phenols is 1. The minimum absolute atomic E-state index is 0.0213. The van der Waals surface area contributed by atoms with Crippen molar-refractivity contribution in [3.05, 3.63) is 29.8 Å². The van der Waals surface area contributed by atoms with Gasteiger partial charge in [0.1, 0.15) is 29.9 Å². The summed E-state index contributed by atoms with van der Waals surface area (Å²) in [4.78, 5) is 49.5. The summed E-state index contributed by atoms with van der Waals surface area (Å²) in [5, 5.41) is 54.6. The second-order valence-electron chi connectivity index (χ2n) is 8.32. The maximum absolute atomic E-state index is 13.0. The molecule has 0 aliphatic heterocycles. The van der Waals surface area contributed by atoms with Gasteiger partial charge >= 0.3 is 5.97 Å². The van der Waals surface area contributed by atoms with Crippen molar-refractivity contribution in [2.24, 2.45) is 11.5 Å². The first kappa shape index (κ1) is 31.1. The van der Waals surface area contributed by atoms with Crippen LogP contribution in [-0.2, 0) is 25.6 Å². The molecule has 1 rings (SSSR count). The Morgan fingerprint density at radius 2 is 1.51 bits per heavy atom. The SMILES string of the molecule is C[C@@H](O)[C@H](N)C(=O)N[C@@H](Cc1ccc(O)cc1)C(=O)N[C@@H](CO)C(=O)N[C@@H](CCCNC(=N)N)C(=O)O. The molecule has 0 aliphatic rings. The van der Waals surface area contributed by atoms with Gasteiger partial charge in [0.25, 0.3) is 0 Å². The molecule has 5 atom stereocenters. The third-order valence-electron chi connectivity index (χ3n) is 5.25. The van der Waals surface area contributed by atoms with Gasteiger partial charge in [0.15, 0.2) is 5.96 Å². The fourth-order valence-electron chi connectivity index (χ4n) is 3.09. The van der Waals surface area contributed by atoms with Gasteiger partial charge in [-0.2, -0.15) is 0 Å². The summed E-state index contributed by atoms with van der Waals surface area (Å²) >= 11 is 0. The van der Waals surface area contributed by atoms with E-state index in [0.717, 1.165) is 0 Å². The number of carboxylic acid groups (broad SMARTS) is 1. The Bertz CT molecular complexity index is 941. The van der Waals surface area contributed by atoms with E-state index in [-0.39, 0.29) is 37.5 Å². The highest BCUT2D eigenvalue weighted by atomic mass is 16.4. The molecule has 0 bridgehead atoms. The molecule has 0 fully saturated rings. The molecule has 0 radical (unpaired) electrons. The van der Waals surface area contributed by atoms with Gasteiger partial charge < -0.3 is 53.2 Å². The number of carboxylic acids is 1. The fourth-order valence-corrected chi connectivity index (χ4v) is 3.09. The highest BCUT2D eigenvalue weighted by Crippen LogP contribution is 2.12. The molecule has 0 heterocycles. The summed E-state index contributed by atoms with van der Waals surface area (Å²) in [6.45, 7) is 0.617. The van der Waals surface area contributed by atoms with Crippen molar-refractivity contribution in [1.82, 2.24) is 21.3 Å². The first-order valence-electron chi connectivity index (χ1n) is 11.4. The minimum atomic E-state index is -1.55. The molecule has 15 heteroatoms. The second kappa shape index (κ2) is 15.2. The number of guanidine groups is 1. The Hall–Kier alpha value is -3.95. The smallest absolute Gasteiger partial charge is 0.326 e. The fraction of sp³-hybridized carbons (Fsp3) is 0.500. The largest absolute Gasteiger partial charge is 0.508 e. The number of rotatable bonds is 15. The lowest BCUT2D eigenvalue weighted by Crippen LogP contribution is -2.59. The van der Waals surface area contributed by atoms with E-state index in [4.69, 9.17) is 16.9 Å². The van der Waals surface area contributed by atoms with Gasteiger partial charge in [0.2, 0.25) is 17.7 Å². The van der Waals surface area contributed by atoms with E-state index in [1.54, 1.807) is 0 Å². The highest BCUT2D eigenvalue weighted by Gasteiger charge is 2.30. The number of nitrogens with one attached hydrogen (secondary N) is 5. The zero-order valence-corrected chi connectivity index (χ0v) is 20.3. The molecule has 0 aromatic heterocycles. The average Bonchev–Trinajstić information content (AvgIpc) is 2.83. The zero-order valence-electron chi connectivity index (χ0n) is 20.3. The standard InChI is InChI=1S/C22H35N7O8/c1-11(31)17(23)20(35)28-15(9-12-4-6-13(32)7-5-12)18(33)29-16(10-30)19(34)27-14(21(36)37)3-2-8-26-22(24)25/h4-7,11,14-17,30-32H,2-3,8-10,23H2,1H3,(H,27,34)(H,28,35)(H,29,33)(H,36,37)(H4,24,25,26)/t11-,14+,15+,16+,17+/m1/s1. The summed E-state index contributed by atoms with van der Waals surface area (Å²) in [5.41, 5.74) is 11.3. The second-order valence-corrected chi connectivity index (χ2v) is 8.32. The van der Waals surface area contributed by atoms with Crippen LogP contribution in [0.2, 0.25) is 0 Å². The van der Waals surface area contributed by atoms with Crippen molar-refractivity contribution in [3.63, 3.8) is 0 Å². The van der Waals surface area contributed by atoms with Gasteiger partial charge in [-0.3, -0.25) is 19.8 Å². The van der Waals surface area contributed by atoms with Crippen LogP contribution in [0.3, 0.4) is 0 Å². The molecular weight excluding hydrogens is 490 g/mol. The van der Waals surface area contributed by atoms with E-state index >= 15 is 0 Å². The Kier molecular flexibility index (Phi) is 12.8. The normalized spacial score (nSPS) is 14.8. The Balaban J connectivity index is 2.94. The predicted octanol–water partition coefficient (Wildman–Crippen LogP) is -3.56. The van der Waals surface area contributed by atoms with Gasteiger partial charge in [0.05, 0.1) is 12.7 Å². The number of hydrogen-bond donors (Lipinski definition) is 11. The van der Waals surface area contributed by atoms with Crippen LogP contribution in [0.25, 0.3) is 0 Å². The van der Waals surface area contributed by atoms with E-state index in [1.165, 1.54) is 31.2 Å². The molecule has 0 saturated carbocycles. The number of aliphatic carboxylic acids is 1. The Morgan fingerprint density at radius 3 is 2.03 bits per heavy atom. The summed E-state index contributed by atoms with van der Waals surface area (Å²) in [5.74, 6) is -4.36. The first-order chi connectivity index (χ1) is 17.3. The van der Waals surface area contributed by atoms with Crippen molar-refractivity contribution < 1.29 is 39.6 Å². The van der Waals surface area contributed by atoms with Crippen LogP contribution in [0.4, 0.5) is 0 Å². The van der Waals surface area contributed by atoms with Gasteiger partial charge in [-0.15, -0.1) is 0 Å². The van der Waals surface area contributed by atoms with Gasteiger partial charge in [0, 0.05) is 13.0 Å². The van der Waals surface area contributed by atoms with Crippen molar-refractivity contribution in [3.8, 4) is 5.75 Å². The van der Waals surface area contributed by atoms with Crippen LogP contribution < -0.4 is 32.7 Å². The molecule has 1 aromatic rings. The first-order valence-corrected chi connectivity index (χ1v) is 11.4. The number of amides is 3. The van der Waals surface area contributed by atoms with Gasteiger partial charge in [-0.25, -0.2) is 4.79 Å². The lowest BCUT2D eigenvalue weighted by molar-refractivity contribution is -0.142.